The molecular weight excluding hydrogens is 272 g/mol. The van der Waals surface area contributed by atoms with E-state index in [1.807, 2.05) is 42.5 Å². The highest BCUT2D eigenvalue weighted by atomic mass is 15.1. The molecule has 0 saturated heterocycles. The second-order valence-electron chi connectivity index (χ2n) is 5.04. The van der Waals surface area contributed by atoms with Crippen molar-refractivity contribution < 1.29 is 0 Å². The SMILES string of the molecule is Cc1ccccc1Nc1nccc(NCc2ccccc2)n1. The molecule has 3 aromatic rings. The molecule has 0 amide bonds. The van der Waals surface area contributed by atoms with Crippen LogP contribution in [0.3, 0.4) is 0 Å². The number of aryl methyl sites for hydroxylation is 1. The number of para-hydroxylation sites is 1. The van der Waals surface area contributed by atoms with E-state index in [4.69, 9.17) is 0 Å². The summed E-state index contributed by atoms with van der Waals surface area (Å²) >= 11 is 0. The van der Waals surface area contributed by atoms with Crippen molar-refractivity contribution in [2.45, 2.75) is 13.5 Å². The number of anilines is 3. The summed E-state index contributed by atoms with van der Waals surface area (Å²) in [6.45, 7) is 2.79. The number of nitrogens with zero attached hydrogens (tertiary/aromatic N) is 2. The van der Waals surface area contributed by atoms with Crippen molar-refractivity contribution >= 4 is 17.5 Å². The van der Waals surface area contributed by atoms with Crippen molar-refractivity contribution in [2.24, 2.45) is 0 Å². The van der Waals surface area contributed by atoms with Crippen LogP contribution in [0, 0.1) is 6.92 Å². The zero-order valence-electron chi connectivity index (χ0n) is 12.5. The fourth-order valence-electron chi connectivity index (χ4n) is 2.14. The molecule has 3 rings (SSSR count). The van der Waals surface area contributed by atoms with Gasteiger partial charge in [-0.3, -0.25) is 0 Å². The van der Waals surface area contributed by atoms with Crippen LogP contribution in [-0.2, 0) is 6.54 Å². The molecule has 4 nitrogen and oxygen atoms in total. The van der Waals surface area contributed by atoms with E-state index in [9.17, 15) is 0 Å². The summed E-state index contributed by atoms with van der Waals surface area (Å²) in [4.78, 5) is 8.76. The smallest absolute Gasteiger partial charge is 0.229 e. The van der Waals surface area contributed by atoms with E-state index in [1.165, 1.54) is 5.56 Å². The molecular formula is C18H18N4. The van der Waals surface area contributed by atoms with Crippen LogP contribution in [0.15, 0.2) is 66.9 Å². The molecule has 0 aliphatic heterocycles. The van der Waals surface area contributed by atoms with Gasteiger partial charge in [-0.15, -0.1) is 0 Å². The summed E-state index contributed by atoms with van der Waals surface area (Å²) in [5.41, 5.74) is 3.39. The largest absolute Gasteiger partial charge is 0.366 e. The van der Waals surface area contributed by atoms with E-state index in [2.05, 4.69) is 45.7 Å². The first-order valence-corrected chi connectivity index (χ1v) is 7.25. The van der Waals surface area contributed by atoms with Crippen molar-refractivity contribution in [1.82, 2.24) is 9.97 Å². The maximum absolute atomic E-state index is 4.49. The quantitative estimate of drug-likeness (QED) is 0.741. The summed E-state index contributed by atoms with van der Waals surface area (Å²) in [5.74, 6) is 1.39. The van der Waals surface area contributed by atoms with Gasteiger partial charge >= 0.3 is 0 Å². The Bertz CT molecular complexity index is 741. The molecule has 1 heterocycles. The van der Waals surface area contributed by atoms with Crippen LogP contribution < -0.4 is 10.6 Å². The number of rotatable bonds is 5. The highest BCUT2D eigenvalue weighted by Gasteiger charge is 2.02. The second kappa shape index (κ2) is 6.72. The molecule has 0 atom stereocenters. The fraction of sp³-hybridized carbons (Fsp3) is 0.111. The monoisotopic (exact) mass is 290 g/mol. The molecule has 0 fully saturated rings. The number of hydrogen-bond donors (Lipinski definition) is 2. The Labute approximate surface area is 130 Å². The summed E-state index contributed by atoms with van der Waals surface area (Å²) in [5, 5.41) is 6.56. The minimum absolute atomic E-state index is 0.590. The van der Waals surface area contributed by atoms with Crippen molar-refractivity contribution in [1.29, 1.82) is 0 Å². The molecule has 2 aromatic carbocycles. The lowest BCUT2D eigenvalue weighted by Crippen LogP contribution is -2.04. The molecule has 22 heavy (non-hydrogen) atoms. The van der Waals surface area contributed by atoms with Gasteiger partial charge in [-0.1, -0.05) is 48.5 Å². The van der Waals surface area contributed by atoms with Crippen LogP contribution >= 0.6 is 0 Å². The summed E-state index contributed by atoms with van der Waals surface area (Å²) in [7, 11) is 0. The van der Waals surface area contributed by atoms with Gasteiger partial charge in [0, 0.05) is 18.4 Å². The van der Waals surface area contributed by atoms with Gasteiger partial charge in [0.15, 0.2) is 0 Å². The van der Waals surface area contributed by atoms with Crippen LogP contribution in [0.1, 0.15) is 11.1 Å². The highest BCUT2D eigenvalue weighted by molar-refractivity contribution is 5.58. The van der Waals surface area contributed by atoms with Gasteiger partial charge in [0.2, 0.25) is 5.95 Å². The van der Waals surface area contributed by atoms with Crippen LogP contribution in [0.2, 0.25) is 0 Å². The average molecular weight is 290 g/mol. The van der Waals surface area contributed by atoms with Crippen molar-refractivity contribution in [2.75, 3.05) is 10.6 Å². The fourth-order valence-corrected chi connectivity index (χ4v) is 2.14. The first-order chi connectivity index (χ1) is 10.8. The normalized spacial score (nSPS) is 10.2. The Morgan fingerprint density at radius 1 is 0.909 bits per heavy atom. The third-order valence-corrected chi connectivity index (χ3v) is 3.36. The molecule has 0 radical (unpaired) electrons. The molecule has 0 saturated carbocycles. The third-order valence-electron chi connectivity index (χ3n) is 3.36. The molecule has 0 unspecified atom stereocenters. The van der Waals surface area contributed by atoms with Crippen LogP contribution in [0.4, 0.5) is 17.5 Å². The minimum Gasteiger partial charge on any atom is -0.366 e. The van der Waals surface area contributed by atoms with Crippen LogP contribution in [-0.4, -0.2) is 9.97 Å². The molecule has 2 N–H and O–H groups in total. The summed E-state index contributed by atoms with van der Waals surface area (Å²) < 4.78 is 0. The third kappa shape index (κ3) is 3.61. The predicted molar refractivity (Wildman–Crippen MR) is 90.3 cm³/mol. The maximum atomic E-state index is 4.49. The molecule has 110 valence electrons. The van der Waals surface area contributed by atoms with Crippen molar-refractivity contribution in [3.63, 3.8) is 0 Å². The Morgan fingerprint density at radius 2 is 1.68 bits per heavy atom. The van der Waals surface area contributed by atoms with Crippen LogP contribution in [0.25, 0.3) is 0 Å². The van der Waals surface area contributed by atoms with Gasteiger partial charge in [-0.25, -0.2) is 4.98 Å². The van der Waals surface area contributed by atoms with E-state index in [-0.39, 0.29) is 0 Å². The molecule has 1 aromatic heterocycles. The molecule has 0 spiro atoms. The van der Waals surface area contributed by atoms with E-state index >= 15 is 0 Å². The predicted octanol–water partition coefficient (Wildman–Crippen LogP) is 4.14. The maximum Gasteiger partial charge on any atom is 0.229 e. The number of aromatic nitrogens is 2. The van der Waals surface area contributed by atoms with E-state index < -0.39 is 0 Å². The average Bonchev–Trinajstić information content (AvgIpc) is 2.57. The van der Waals surface area contributed by atoms with Gasteiger partial charge in [-0.05, 0) is 30.2 Å². The minimum atomic E-state index is 0.590. The standard InChI is InChI=1S/C18H18N4/c1-14-7-5-6-10-16(14)21-18-19-12-11-17(22-18)20-13-15-8-3-2-4-9-15/h2-12H,13H2,1H3,(H2,19,20,21,22). The Balaban J connectivity index is 1.69. The van der Waals surface area contributed by atoms with Gasteiger partial charge in [0.1, 0.15) is 5.82 Å². The molecule has 4 heteroatoms. The van der Waals surface area contributed by atoms with Crippen molar-refractivity contribution in [3.05, 3.63) is 78.0 Å². The molecule has 0 aliphatic carbocycles. The number of benzene rings is 2. The first-order valence-electron chi connectivity index (χ1n) is 7.25. The van der Waals surface area contributed by atoms with E-state index in [1.54, 1.807) is 6.20 Å². The number of hydrogen-bond acceptors (Lipinski definition) is 4. The van der Waals surface area contributed by atoms with Crippen LogP contribution in [0.5, 0.6) is 0 Å². The van der Waals surface area contributed by atoms with E-state index in [0.29, 0.717) is 5.95 Å². The van der Waals surface area contributed by atoms with Gasteiger partial charge in [0.05, 0.1) is 0 Å². The zero-order chi connectivity index (χ0) is 15.2. The van der Waals surface area contributed by atoms with Gasteiger partial charge < -0.3 is 10.6 Å². The van der Waals surface area contributed by atoms with E-state index in [0.717, 1.165) is 23.6 Å². The molecule has 0 bridgehead atoms. The zero-order valence-corrected chi connectivity index (χ0v) is 12.5. The lowest BCUT2D eigenvalue weighted by molar-refractivity contribution is 1.08. The van der Waals surface area contributed by atoms with Crippen molar-refractivity contribution in [3.8, 4) is 0 Å². The topological polar surface area (TPSA) is 49.8 Å². The Hall–Kier alpha value is -2.88. The lowest BCUT2D eigenvalue weighted by Gasteiger charge is -2.10. The second-order valence-corrected chi connectivity index (χ2v) is 5.04. The molecule has 0 aliphatic rings. The summed E-state index contributed by atoms with van der Waals surface area (Å²) in [6, 6.07) is 20.2. The lowest BCUT2D eigenvalue weighted by atomic mass is 10.2. The summed E-state index contributed by atoms with van der Waals surface area (Å²) in [6.07, 6.45) is 1.75. The number of nitrogens with one attached hydrogen (secondary N) is 2. The van der Waals surface area contributed by atoms with Gasteiger partial charge in [-0.2, -0.15) is 4.98 Å². The van der Waals surface area contributed by atoms with Gasteiger partial charge in [0.25, 0.3) is 0 Å². The Morgan fingerprint density at radius 3 is 2.50 bits per heavy atom. The first kappa shape index (κ1) is 14.1. The highest BCUT2D eigenvalue weighted by Crippen LogP contribution is 2.18. The Kier molecular flexibility index (Phi) is 4.30.